The highest BCUT2D eigenvalue weighted by Crippen LogP contribution is 2.50. The van der Waals surface area contributed by atoms with Gasteiger partial charge in [0.1, 0.15) is 0 Å². The van der Waals surface area contributed by atoms with Crippen molar-refractivity contribution in [1.29, 1.82) is 0 Å². The van der Waals surface area contributed by atoms with Crippen molar-refractivity contribution >= 4 is 0 Å². The van der Waals surface area contributed by atoms with E-state index in [9.17, 15) is 5.11 Å². The van der Waals surface area contributed by atoms with E-state index in [4.69, 9.17) is 10.5 Å². The second-order valence-electron chi connectivity index (χ2n) is 5.61. The van der Waals surface area contributed by atoms with Crippen LogP contribution >= 0.6 is 0 Å². The minimum Gasteiger partial charge on any atom is -0.392 e. The van der Waals surface area contributed by atoms with Gasteiger partial charge in [-0.05, 0) is 31.6 Å². The van der Waals surface area contributed by atoms with Gasteiger partial charge < -0.3 is 15.6 Å². The third-order valence-electron chi connectivity index (χ3n) is 4.09. The number of aliphatic hydroxyl groups excluding tert-OH is 1. The third kappa shape index (κ3) is 1.81. The third-order valence-corrected chi connectivity index (χ3v) is 4.09. The zero-order chi connectivity index (χ0) is 11.1. The summed E-state index contributed by atoms with van der Waals surface area (Å²) in [5, 5.41) is 10.3. The second kappa shape index (κ2) is 4.04. The molecular formula is C12H23NO2. The first-order valence-electron chi connectivity index (χ1n) is 6.12. The van der Waals surface area contributed by atoms with Gasteiger partial charge >= 0.3 is 0 Å². The lowest BCUT2D eigenvalue weighted by molar-refractivity contribution is -0.0338. The van der Waals surface area contributed by atoms with Crippen molar-refractivity contribution in [2.45, 2.75) is 57.8 Å². The summed E-state index contributed by atoms with van der Waals surface area (Å²) in [6.45, 7) is 4.84. The first-order chi connectivity index (χ1) is 7.08. The molecule has 0 spiro atoms. The summed E-state index contributed by atoms with van der Waals surface area (Å²) < 4.78 is 5.84. The number of hydrogen-bond acceptors (Lipinski definition) is 3. The molecule has 2 aliphatic heterocycles. The van der Waals surface area contributed by atoms with Crippen LogP contribution in [0.15, 0.2) is 0 Å². The van der Waals surface area contributed by atoms with E-state index in [-0.39, 0.29) is 17.6 Å². The lowest BCUT2D eigenvalue weighted by Gasteiger charge is -2.39. The predicted molar refractivity (Wildman–Crippen MR) is 59.5 cm³/mol. The molecule has 0 amide bonds. The number of fused-ring (bicyclic) bond motifs is 2. The van der Waals surface area contributed by atoms with Crippen molar-refractivity contribution in [3.63, 3.8) is 0 Å². The molecule has 15 heavy (non-hydrogen) atoms. The maximum absolute atomic E-state index is 10.3. The first kappa shape index (κ1) is 11.4. The normalized spacial score (nSPS) is 41.4. The Balaban J connectivity index is 2.08. The van der Waals surface area contributed by atoms with Crippen molar-refractivity contribution in [2.75, 3.05) is 6.54 Å². The van der Waals surface area contributed by atoms with Crippen LogP contribution in [0.1, 0.15) is 39.5 Å². The van der Waals surface area contributed by atoms with Crippen LogP contribution in [-0.2, 0) is 4.74 Å². The standard InChI is InChI=1S/C12H23NO2/c1-8(2)5-10(14)12(7-13)6-9-3-4-11(12)15-9/h8-11,14H,3-7,13H2,1-2H3. The van der Waals surface area contributed by atoms with Gasteiger partial charge in [0.15, 0.2) is 0 Å². The number of ether oxygens (including phenoxy) is 1. The van der Waals surface area contributed by atoms with Gasteiger partial charge in [-0.25, -0.2) is 0 Å². The lowest BCUT2D eigenvalue weighted by Crippen LogP contribution is -2.49. The largest absolute Gasteiger partial charge is 0.392 e. The molecule has 2 bridgehead atoms. The fraction of sp³-hybridized carbons (Fsp3) is 1.00. The van der Waals surface area contributed by atoms with Crippen LogP contribution in [-0.4, -0.2) is 30.0 Å². The van der Waals surface area contributed by atoms with Gasteiger partial charge in [0, 0.05) is 12.0 Å². The quantitative estimate of drug-likeness (QED) is 0.740. The minimum atomic E-state index is -0.294. The zero-order valence-electron chi connectivity index (χ0n) is 9.78. The summed E-state index contributed by atoms with van der Waals surface area (Å²) in [7, 11) is 0. The molecule has 2 saturated heterocycles. The van der Waals surface area contributed by atoms with Crippen molar-refractivity contribution in [1.82, 2.24) is 0 Å². The number of aliphatic hydroxyl groups is 1. The van der Waals surface area contributed by atoms with Crippen LogP contribution < -0.4 is 5.73 Å². The Bertz CT molecular complexity index is 232. The van der Waals surface area contributed by atoms with E-state index in [1.54, 1.807) is 0 Å². The first-order valence-corrected chi connectivity index (χ1v) is 6.12. The average molecular weight is 213 g/mol. The van der Waals surface area contributed by atoms with Crippen LogP contribution in [0.3, 0.4) is 0 Å². The number of hydrogen-bond donors (Lipinski definition) is 2. The van der Waals surface area contributed by atoms with Crippen molar-refractivity contribution in [3.8, 4) is 0 Å². The predicted octanol–water partition coefficient (Wildman–Crippen LogP) is 1.29. The molecule has 3 nitrogen and oxygen atoms in total. The molecule has 0 aromatic rings. The van der Waals surface area contributed by atoms with Crippen LogP contribution in [0.2, 0.25) is 0 Å². The van der Waals surface area contributed by atoms with Gasteiger partial charge in [0.25, 0.3) is 0 Å². The molecule has 3 N–H and O–H groups in total. The van der Waals surface area contributed by atoms with E-state index in [2.05, 4.69) is 13.8 Å². The van der Waals surface area contributed by atoms with Crippen LogP contribution in [0.5, 0.6) is 0 Å². The fourth-order valence-corrected chi connectivity index (χ4v) is 3.22. The van der Waals surface area contributed by atoms with Crippen LogP contribution in [0, 0.1) is 11.3 Å². The molecule has 3 heteroatoms. The monoisotopic (exact) mass is 213 g/mol. The van der Waals surface area contributed by atoms with Crippen molar-refractivity contribution in [3.05, 3.63) is 0 Å². The molecule has 4 unspecified atom stereocenters. The summed E-state index contributed by atoms with van der Waals surface area (Å²) in [5.74, 6) is 0.516. The fourth-order valence-electron chi connectivity index (χ4n) is 3.22. The van der Waals surface area contributed by atoms with E-state index in [1.165, 1.54) is 0 Å². The average Bonchev–Trinajstić information content (AvgIpc) is 2.75. The Morgan fingerprint density at radius 3 is 2.60 bits per heavy atom. The number of rotatable bonds is 4. The summed E-state index contributed by atoms with van der Waals surface area (Å²) in [6.07, 6.45) is 4.31. The molecule has 2 heterocycles. The molecule has 0 saturated carbocycles. The molecule has 2 fully saturated rings. The van der Waals surface area contributed by atoms with Crippen LogP contribution in [0.4, 0.5) is 0 Å². The minimum absolute atomic E-state index is 0.146. The highest BCUT2D eigenvalue weighted by molar-refractivity contribution is 5.04. The van der Waals surface area contributed by atoms with Gasteiger partial charge in [0.2, 0.25) is 0 Å². The Morgan fingerprint density at radius 1 is 1.47 bits per heavy atom. The summed E-state index contributed by atoms with van der Waals surface area (Å²) in [5.41, 5.74) is 5.75. The van der Waals surface area contributed by atoms with Crippen LogP contribution in [0.25, 0.3) is 0 Å². The molecule has 0 aromatic heterocycles. The van der Waals surface area contributed by atoms with Crippen molar-refractivity contribution < 1.29 is 9.84 Å². The summed E-state index contributed by atoms with van der Waals surface area (Å²) in [6, 6.07) is 0. The number of nitrogens with two attached hydrogens (primary N) is 1. The smallest absolute Gasteiger partial charge is 0.0673 e. The summed E-state index contributed by atoms with van der Waals surface area (Å²) in [4.78, 5) is 0. The Morgan fingerprint density at radius 2 is 2.20 bits per heavy atom. The highest BCUT2D eigenvalue weighted by atomic mass is 16.5. The Hall–Kier alpha value is -0.120. The van der Waals surface area contributed by atoms with Crippen molar-refractivity contribution in [2.24, 2.45) is 17.1 Å². The van der Waals surface area contributed by atoms with Gasteiger partial charge in [-0.15, -0.1) is 0 Å². The Labute approximate surface area is 92.0 Å². The maximum Gasteiger partial charge on any atom is 0.0673 e. The molecule has 4 atom stereocenters. The van der Waals surface area contributed by atoms with E-state index < -0.39 is 0 Å². The maximum atomic E-state index is 10.3. The molecule has 2 rings (SSSR count). The highest BCUT2D eigenvalue weighted by Gasteiger charge is 2.55. The zero-order valence-corrected chi connectivity index (χ0v) is 9.78. The summed E-state index contributed by atoms with van der Waals surface area (Å²) >= 11 is 0. The molecule has 0 aliphatic carbocycles. The Kier molecular flexibility index (Phi) is 3.06. The van der Waals surface area contributed by atoms with E-state index in [1.807, 2.05) is 0 Å². The molecular weight excluding hydrogens is 190 g/mol. The van der Waals surface area contributed by atoms with Gasteiger partial charge in [-0.2, -0.15) is 0 Å². The van der Waals surface area contributed by atoms with Gasteiger partial charge in [-0.1, -0.05) is 13.8 Å². The topological polar surface area (TPSA) is 55.5 Å². The molecule has 0 radical (unpaired) electrons. The van der Waals surface area contributed by atoms with Gasteiger partial charge in [-0.3, -0.25) is 0 Å². The molecule has 88 valence electrons. The van der Waals surface area contributed by atoms with E-state index >= 15 is 0 Å². The SMILES string of the molecule is CC(C)CC(O)C1(CN)CC2CCC1O2. The molecule has 0 aromatic carbocycles. The molecule has 2 aliphatic rings. The lowest BCUT2D eigenvalue weighted by atomic mass is 9.68. The second-order valence-corrected chi connectivity index (χ2v) is 5.61. The van der Waals surface area contributed by atoms with E-state index in [0.717, 1.165) is 25.7 Å². The van der Waals surface area contributed by atoms with E-state index in [0.29, 0.717) is 18.6 Å². The van der Waals surface area contributed by atoms with Gasteiger partial charge in [0.05, 0.1) is 18.3 Å².